The molecule has 0 aromatic rings. The lowest BCUT2D eigenvalue weighted by Gasteiger charge is -2.36. The van der Waals surface area contributed by atoms with E-state index in [9.17, 15) is 9.59 Å². The number of nitrogens with one attached hydrogen (secondary N) is 1. The van der Waals surface area contributed by atoms with Gasteiger partial charge in [0, 0.05) is 25.6 Å². The van der Waals surface area contributed by atoms with Gasteiger partial charge in [0.25, 0.3) is 0 Å². The Morgan fingerprint density at radius 1 is 1.33 bits per heavy atom. The first-order chi connectivity index (χ1) is 10.0. The molecule has 0 radical (unpaired) electrons. The minimum Gasteiger partial charge on any atom is -0.396 e. The van der Waals surface area contributed by atoms with Crippen molar-refractivity contribution in [2.24, 2.45) is 5.92 Å². The van der Waals surface area contributed by atoms with Crippen molar-refractivity contribution < 1.29 is 14.7 Å². The molecule has 1 aliphatic heterocycles. The molecule has 2 unspecified atom stereocenters. The highest BCUT2D eigenvalue weighted by Gasteiger charge is 2.32. The fourth-order valence-electron chi connectivity index (χ4n) is 2.85. The minimum atomic E-state index is -0.335. The Kier molecular flexibility index (Phi) is 7.72. The first-order valence-corrected chi connectivity index (χ1v) is 8.22. The number of amides is 2. The molecule has 1 rings (SSSR count). The van der Waals surface area contributed by atoms with E-state index in [4.69, 9.17) is 5.11 Å². The maximum Gasteiger partial charge on any atom is 0.243 e. The van der Waals surface area contributed by atoms with Crippen LogP contribution in [-0.2, 0) is 9.59 Å². The Bertz CT molecular complexity index is 344. The Labute approximate surface area is 128 Å². The van der Waals surface area contributed by atoms with Crippen molar-refractivity contribution in [3.05, 3.63) is 0 Å². The number of nitrogens with zero attached hydrogens (tertiary/aromatic N) is 1. The molecule has 0 aliphatic carbocycles. The molecule has 122 valence electrons. The third-order valence-electron chi connectivity index (χ3n) is 4.16. The number of aliphatic hydroxyl groups is 1. The summed E-state index contributed by atoms with van der Waals surface area (Å²) >= 11 is 0. The summed E-state index contributed by atoms with van der Waals surface area (Å²) in [6, 6.07) is -0.370. The van der Waals surface area contributed by atoms with Crippen molar-refractivity contribution in [3.63, 3.8) is 0 Å². The van der Waals surface area contributed by atoms with Crippen LogP contribution in [0.3, 0.4) is 0 Å². The predicted molar refractivity (Wildman–Crippen MR) is 82.7 cm³/mol. The molecule has 2 amide bonds. The highest BCUT2D eigenvalue weighted by molar-refractivity contribution is 5.88. The maximum absolute atomic E-state index is 12.5. The van der Waals surface area contributed by atoms with Crippen LogP contribution in [0, 0.1) is 5.92 Å². The van der Waals surface area contributed by atoms with Crippen LogP contribution in [0.1, 0.15) is 59.3 Å². The molecule has 5 nitrogen and oxygen atoms in total. The molecule has 1 aliphatic rings. The maximum atomic E-state index is 12.5. The van der Waals surface area contributed by atoms with Gasteiger partial charge in [0.1, 0.15) is 6.04 Å². The largest absolute Gasteiger partial charge is 0.396 e. The number of hydrogen-bond donors (Lipinski definition) is 2. The van der Waals surface area contributed by atoms with Gasteiger partial charge in [-0.2, -0.15) is 0 Å². The number of hydrogen-bond acceptors (Lipinski definition) is 3. The second-order valence-electron chi connectivity index (χ2n) is 6.22. The average molecular weight is 298 g/mol. The van der Waals surface area contributed by atoms with Gasteiger partial charge in [-0.1, -0.05) is 20.8 Å². The highest BCUT2D eigenvalue weighted by Crippen LogP contribution is 2.19. The molecule has 2 atom stereocenters. The normalized spacial score (nSPS) is 20.4. The van der Waals surface area contributed by atoms with Crippen LogP contribution >= 0.6 is 0 Å². The standard InChI is InChI=1S/C16H30N2O3/c1-4-7-15(20)18-10-6-5-8-14(18)16(21)17-13(9-11-19)12(2)3/h12-14,19H,4-11H2,1-3H3,(H,17,21). The van der Waals surface area contributed by atoms with Crippen LogP contribution in [0.2, 0.25) is 0 Å². The van der Waals surface area contributed by atoms with E-state index in [0.717, 1.165) is 25.7 Å². The molecular formula is C16H30N2O3. The zero-order chi connectivity index (χ0) is 15.8. The van der Waals surface area contributed by atoms with Crippen LogP contribution < -0.4 is 5.32 Å². The van der Waals surface area contributed by atoms with Crippen molar-refractivity contribution in [1.29, 1.82) is 0 Å². The van der Waals surface area contributed by atoms with Gasteiger partial charge in [0.15, 0.2) is 0 Å². The van der Waals surface area contributed by atoms with E-state index in [0.29, 0.717) is 19.4 Å². The topological polar surface area (TPSA) is 69.6 Å². The van der Waals surface area contributed by atoms with E-state index >= 15 is 0 Å². The van der Waals surface area contributed by atoms with Gasteiger partial charge in [-0.05, 0) is 38.0 Å². The number of carbonyl (C=O) groups excluding carboxylic acids is 2. The second-order valence-corrected chi connectivity index (χ2v) is 6.22. The molecule has 1 heterocycles. The van der Waals surface area contributed by atoms with Crippen molar-refractivity contribution in [1.82, 2.24) is 10.2 Å². The SMILES string of the molecule is CCCC(=O)N1CCCCC1C(=O)NC(CCO)C(C)C. The Morgan fingerprint density at radius 2 is 2.05 bits per heavy atom. The first kappa shape index (κ1) is 18.0. The zero-order valence-corrected chi connectivity index (χ0v) is 13.6. The molecule has 1 saturated heterocycles. The number of carbonyl (C=O) groups is 2. The van der Waals surface area contributed by atoms with Crippen molar-refractivity contribution in [3.8, 4) is 0 Å². The van der Waals surface area contributed by atoms with Gasteiger partial charge in [-0.25, -0.2) is 0 Å². The van der Waals surface area contributed by atoms with Crippen LogP contribution in [0.5, 0.6) is 0 Å². The van der Waals surface area contributed by atoms with E-state index in [1.165, 1.54) is 0 Å². The van der Waals surface area contributed by atoms with Crippen LogP contribution in [0.25, 0.3) is 0 Å². The summed E-state index contributed by atoms with van der Waals surface area (Å²) in [6.45, 7) is 6.78. The van der Waals surface area contributed by atoms with Crippen LogP contribution in [0.15, 0.2) is 0 Å². The van der Waals surface area contributed by atoms with Gasteiger partial charge in [-0.3, -0.25) is 9.59 Å². The van der Waals surface area contributed by atoms with Crippen molar-refractivity contribution >= 4 is 11.8 Å². The lowest BCUT2D eigenvalue weighted by molar-refractivity contribution is -0.142. The number of aliphatic hydroxyl groups excluding tert-OH is 1. The van der Waals surface area contributed by atoms with Crippen LogP contribution in [-0.4, -0.2) is 47.1 Å². The monoisotopic (exact) mass is 298 g/mol. The molecule has 0 spiro atoms. The number of likely N-dealkylation sites (tertiary alicyclic amines) is 1. The van der Waals surface area contributed by atoms with Gasteiger partial charge in [-0.15, -0.1) is 0 Å². The fourth-order valence-corrected chi connectivity index (χ4v) is 2.85. The summed E-state index contributed by atoms with van der Waals surface area (Å²) in [6.07, 6.45) is 4.57. The average Bonchev–Trinajstić information content (AvgIpc) is 2.46. The molecule has 0 aromatic carbocycles. The molecule has 5 heteroatoms. The van der Waals surface area contributed by atoms with E-state index in [1.807, 2.05) is 20.8 Å². The third kappa shape index (κ3) is 5.30. The van der Waals surface area contributed by atoms with E-state index in [-0.39, 0.29) is 36.4 Å². The summed E-state index contributed by atoms with van der Waals surface area (Å²) in [5.41, 5.74) is 0. The van der Waals surface area contributed by atoms with Gasteiger partial charge >= 0.3 is 0 Å². The molecule has 0 aromatic heterocycles. The fraction of sp³-hybridized carbons (Fsp3) is 0.875. The van der Waals surface area contributed by atoms with Gasteiger partial charge < -0.3 is 15.3 Å². The van der Waals surface area contributed by atoms with E-state index < -0.39 is 0 Å². The van der Waals surface area contributed by atoms with Crippen LogP contribution in [0.4, 0.5) is 0 Å². The lowest BCUT2D eigenvalue weighted by Crippen LogP contribution is -2.54. The molecule has 21 heavy (non-hydrogen) atoms. The third-order valence-corrected chi connectivity index (χ3v) is 4.16. The van der Waals surface area contributed by atoms with Crippen molar-refractivity contribution in [2.45, 2.75) is 71.4 Å². The summed E-state index contributed by atoms with van der Waals surface area (Å²) in [4.78, 5) is 26.4. The van der Waals surface area contributed by atoms with Gasteiger partial charge in [0.05, 0.1) is 0 Å². The Morgan fingerprint density at radius 3 is 2.62 bits per heavy atom. The predicted octanol–water partition coefficient (Wildman–Crippen LogP) is 1.69. The quantitative estimate of drug-likeness (QED) is 0.751. The lowest BCUT2D eigenvalue weighted by atomic mass is 9.97. The molecular weight excluding hydrogens is 268 g/mol. The van der Waals surface area contributed by atoms with Gasteiger partial charge in [0.2, 0.25) is 11.8 Å². The molecule has 0 bridgehead atoms. The summed E-state index contributed by atoms with van der Waals surface area (Å²) in [5.74, 6) is 0.288. The zero-order valence-electron chi connectivity index (χ0n) is 13.6. The first-order valence-electron chi connectivity index (χ1n) is 8.22. The van der Waals surface area contributed by atoms with Crippen molar-refractivity contribution in [2.75, 3.05) is 13.2 Å². The summed E-state index contributed by atoms with van der Waals surface area (Å²) in [7, 11) is 0. The van der Waals surface area contributed by atoms with E-state index in [2.05, 4.69) is 5.32 Å². The summed E-state index contributed by atoms with van der Waals surface area (Å²) < 4.78 is 0. The number of rotatable bonds is 7. The smallest absolute Gasteiger partial charge is 0.243 e. The Balaban J connectivity index is 2.69. The Hall–Kier alpha value is -1.10. The summed E-state index contributed by atoms with van der Waals surface area (Å²) in [5, 5.41) is 12.1. The second kappa shape index (κ2) is 9.03. The molecule has 0 saturated carbocycles. The minimum absolute atomic E-state index is 0.0347. The van der Waals surface area contributed by atoms with E-state index in [1.54, 1.807) is 4.90 Å². The molecule has 2 N–H and O–H groups in total. The molecule has 1 fully saturated rings. The highest BCUT2D eigenvalue weighted by atomic mass is 16.3. The number of piperidine rings is 1.